The van der Waals surface area contributed by atoms with E-state index in [1.807, 2.05) is 17.8 Å². The molecule has 0 saturated heterocycles. The van der Waals surface area contributed by atoms with E-state index in [9.17, 15) is 4.79 Å². The second kappa shape index (κ2) is 6.05. The molecule has 17 heavy (non-hydrogen) atoms. The summed E-state index contributed by atoms with van der Waals surface area (Å²) in [5.74, 6) is -0.124. The highest BCUT2D eigenvalue weighted by atomic mass is 32.2. The van der Waals surface area contributed by atoms with Gasteiger partial charge in [-0.3, -0.25) is 0 Å². The van der Waals surface area contributed by atoms with E-state index in [0.29, 0.717) is 0 Å². The monoisotopic (exact) mass is 251 g/mol. The van der Waals surface area contributed by atoms with Gasteiger partial charge in [-0.15, -0.1) is 0 Å². The second-order valence-electron chi connectivity index (χ2n) is 4.39. The number of hydrogen-bond donors (Lipinski definition) is 1. The van der Waals surface area contributed by atoms with Crippen LogP contribution in [-0.2, 0) is 5.75 Å². The summed E-state index contributed by atoms with van der Waals surface area (Å²) in [7, 11) is 0. The number of rotatable bonds is 4. The van der Waals surface area contributed by atoms with Crippen LogP contribution in [0.25, 0.3) is 0 Å². The molecule has 0 amide bonds. The molecule has 3 nitrogen and oxygen atoms in total. The van der Waals surface area contributed by atoms with Gasteiger partial charge in [0, 0.05) is 11.0 Å². The lowest BCUT2D eigenvalue weighted by molar-refractivity contribution is 0.0690. The lowest BCUT2D eigenvalue weighted by Gasteiger charge is -2.20. The number of nitrogens with zero attached hydrogens (tertiary/aromatic N) is 1. The molecular weight excluding hydrogens is 234 g/mol. The van der Waals surface area contributed by atoms with Crippen molar-refractivity contribution >= 4 is 17.7 Å². The zero-order chi connectivity index (χ0) is 12.1. The van der Waals surface area contributed by atoms with Gasteiger partial charge in [-0.2, -0.15) is 11.8 Å². The first-order valence-corrected chi connectivity index (χ1v) is 7.11. The fourth-order valence-corrected chi connectivity index (χ4v) is 3.35. The van der Waals surface area contributed by atoms with E-state index in [0.717, 1.165) is 16.7 Å². The molecule has 0 atom stereocenters. The topological polar surface area (TPSA) is 50.2 Å². The van der Waals surface area contributed by atoms with Crippen LogP contribution in [0.15, 0.2) is 18.2 Å². The molecule has 4 heteroatoms. The molecule has 0 aromatic carbocycles. The molecular formula is C13H17NO2S. The lowest BCUT2D eigenvalue weighted by Crippen LogP contribution is -2.09. The molecule has 0 bridgehead atoms. The molecule has 1 heterocycles. The Morgan fingerprint density at radius 3 is 2.82 bits per heavy atom. The molecule has 0 aliphatic heterocycles. The van der Waals surface area contributed by atoms with Gasteiger partial charge in [-0.1, -0.05) is 25.3 Å². The third-order valence-corrected chi connectivity index (χ3v) is 4.45. The summed E-state index contributed by atoms with van der Waals surface area (Å²) in [4.78, 5) is 14.9. The molecule has 0 unspecified atom stereocenters. The highest BCUT2D eigenvalue weighted by Crippen LogP contribution is 2.30. The fourth-order valence-electron chi connectivity index (χ4n) is 2.11. The standard InChI is InChI=1S/C13H17NO2S/c15-13(16)12-8-4-5-10(14-12)9-17-11-6-2-1-3-7-11/h4-5,8,11H,1-3,6-7,9H2,(H,15,16). The molecule has 0 spiro atoms. The predicted octanol–water partition coefficient (Wildman–Crippen LogP) is 3.35. The number of hydrogen-bond acceptors (Lipinski definition) is 3. The third kappa shape index (κ3) is 3.73. The first-order chi connectivity index (χ1) is 8.25. The average Bonchev–Trinajstić information content (AvgIpc) is 2.38. The van der Waals surface area contributed by atoms with Crippen molar-refractivity contribution in [1.29, 1.82) is 0 Å². The van der Waals surface area contributed by atoms with Crippen molar-refractivity contribution in [3.8, 4) is 0 Å². The van der Waals surface area contributed by atoms with Gasteiger partial charge in [0.25, 0.3) is 0 Å². The SMILES string of the molecule is O=C(O)c1cccc(CSC2CCCCC2)n1. The van der Waals surface area contributed by atoms with Crippen LogP contribution in [0.2, 0.25) is 0 Å². The highest BCUT2D eigenvalue weighted by Gasteiger charge is 2.14. The zero-order valence-electron chi connectivity index (χ0n) is 9.76. The average molecular weight is 251 g/mol. The first kappa shape index (κ1) is 12.4. The molecule has 1 N–H and O–H groups in total. The van der Waals surface area contributed by atoms with Gasteiger partial charge in [0.15, 0.2) is 0 Å². The van der Waals surface area contributed by atoms with E-state index in [-0.39, 0.29) is 5.69 Å². The van der Waals surface area contributed by atoms with Gasteiger partial charge in [-0.05, 0) is 25.0 Å². The van der Waals surface area contributed by atoms with Crippen molar-refractivity contribution in [1.82, 2.24) is 4.98 Å². The van der Waals surface area contributed by atoms with E-state index in [1.54, 1.807) is 6.07 Å². The molecule has 1 aliphatic rings. The van der Waals surface area contributed by atoms with E-state index < -0.39 is 5.97 Å². The van der Waals surface area contributed by atoms with E-state index in [4.69, 9.17) is 5.11 Å². The maximum atomic E-state index is 10.8. The summed E-state index contributed by atoms with van der Waals surface area (Å²) in [6.07, 6.45) is 6.62. The van der Waals surface area contributed by atoms with Gasteiger partial charge < -0.3 is 5.11 Å². The van der Waals surface area contributed by atoms with Gasteiger partial charge in [0.2, 0.25) is 0 Å². The number of carboxylic acids is 1. The Kier molecular flexibility index (Phi) is 4.42. The highest BCUT2D eigenvalue weighted by molar-refractivity contribution is 7.99. The Labute approximate surface area is 106 Å². The Balaban J connectivity index is 1.89. The Hall–Kier alpha value is -1.03. The number of pyridine rings is 1. The number of aromatic carboxylic acids is 1. The Bertz CT molecular complexity index is 389. The fraction of sp³-hybridized carbons (Fsp3) is 0.538. The predicted molar refractivity (Wildman–Crippen MR) is 69.4 cm³/mol. The summed E-state index contributed by atoms with van der Waals surface area (Å²) in [6, 6.07) is 5.21. The summed E-state index contributed by atoms with van der Waals surface area (Å²) < 4.78 is 0. The summed E-state index contributed by atoms with van der Waals surface area (Å²) in [5.41, 5.74) is 1.02. The van der Waals surface area contributed by atoms with Crippen LogP contribution < -0.4 is 0 Å². The van der Waals surface area contributed by atoms with Crippen LogP contribution in [0.5, 0.6) is 0 Å². The molecule has 1 aromatic rings. The normalized spacial score (nSPS) is 16.9. The largest absolute Gasteiger partial charge is 0.477 e. The number of aromatic nitrogens is 1. The molecule has 1 aliphatic carbocycles. The van der Waals surface area contributed by atoms with Crippen LogP contribution in [0.1, 0.15) is 48.3 Å². The van der Waals surface area contributed by atoms with Crippen LogP contribution in [-0.4, -0.2) is 21.3 Å². The van der Waals surface area contributed by atoms with Crippen molar-refractivity contribution in [2.45, 2.75) is 43.1 Å². The van der Waals surface area contributed by atoms with Crippen molar-refractivity contribution in [3.63, 3.8) is 0 Å². The van der Waals surface area contributed by atoms with Crippen molar-refractivity contribution < 1.29 is 9.90 Å². The van der Waals surface area contributed by atoms with Crippen molar-refractivity contribution in [3.05, 3.63) is 29.6 Å². The number of carbonyl (C=O) groups is 1. The van der Waals surface area contributed by atoms with E-state index >= 15 is 0 Å². The van der Waals surface area contributed by atoms with Crippen LogP contribution in [0.4, 0.5) is 0 Å². The maximum Gasteiger partial charge on any atom is 0.354 e. The Morgan fingerprint density at radius 2 is 2.12 bits per heavy atom. The third-order valence-electron chi connectivity index (χ3n) is 3.05. The van der Waals surface area contributed by atoms with E-state index in [2.05, 4.69) is 4.98 Å². The zero-order valence-corrected chi connectivity index (χ0v) is 10.6. The molecule has 1 aromatic heterocycles. The van der Waals surface area contributed by atoms with Gasteiger partial charge in [-0.25, -0.2) is 9.78 Å². The maximum absolute atomic E-state index is 10.8. The molecule has 92 valence electrons. The van der Waals surface area contributed by atoms with Crippen LogP contribution in [0.3, 0.4) is 0 Å². The quantitative estimate of drug-likeness (QED) is 0.891. The van der Waals surface area contributed by atoms with Gasteiger partial charge in [0.05, 0.1) is 5.69 Å². The molecule has 1 fully saturated rings. The van der Waals surface area contributed by atoms with Gasteiger partial charge in [0.1, 0.15) is 5.69 Å². The lowest BCUT2D eigenvalue weighted by atomic mass is 10.0. The number of carboxylic acid groups (broad SMARTS) is 1. The summed E-state index contributed by atoms with van der Waals surface area (Å²) in [6.45, 7) is 0. The van der Waals surface area contributed by atoms with Gasteiger partial charge >= 0.3 is 5.97 Å². The Morgan fingerprint density at radius 1 is 1.35 bits per heavy atom. The van der Waals surface area contributed by atoms with Crippen LogP contribution in [0, 0.1) is 0 Å². The van der Waals surface area contributed by atoms with Crippen molar-refractivity contribution in [2.75, 3.05) is 0 Å². The second-order valence-corrected chi connectivity index (χ2v) is 5.68. The van der Waals surface area contributed by atoms with E-state index in [1.165, 1.54) is 38.2 Å². The first-order valence-electron chi connectivity index (χ1n) is 6.06. The smallest absolute Gasteiger partial charge is 0.354 e. The minimum atomic E-state index is -0.950. The number of thioether (sulfide) groups is 1. The van der Waals surface area contributed by atoms with Crippen molar-refractivity contribution in [2.24, 2.45) is 0 Å². The molecule has 0 radical (unpaired) electrons. The van der Waals surface area contributed by atoms with Crippen LogP contribution >= 0.6 is 11.8 Å². The summed E-state index contributed by atoms with van der Waals surface area (Å²) >= 11 is 1.92. The summed E-state index contributed by atoms with van der Waals surface area (Å²) in [5, 5.41) is 9.59. The molecule has 2 rings (SSSR count). The minimum absolute atomic E-state index is 0.145. The minimum Gasteiger partial charge on any atom is -0.477 e. The molecule has 1 saturated carbocycles.